The summed E-state index contributed by atoms with van der Waals surface area (Å²) >= 11 is 6.98. The van der Waals surface area contributed by atoms with Gasteiger partial charge in [-0.1, -0.05) is 31.9 Å². The van der Waals surface area contributed by atoms with Gasteiger partial charge in [-0.3, -0.25) is 10.5 Å². The SMILES string of the molecule is CCn1nccc1C(NN)c1cc(Br)cc(Br)c1. The van der Waals surface area contributed by atoms with Crippen molar-refractivity contribution < 1.29 is 0 Å². The van der Waals surface area contributed by atoms with Crippen LogP contribution in [0.5, 0.6) is 0 Å². The second-order valence-electron chi connectivity index (χ2n) is 3.87. The van der Waals surface area contributed by atoms with Gasteiger partial charge in [-0.2, -0.15) is 5.10 Å². The molecule has 0 fully saturated rings. The fourth-order valence-electron chi connectivity index (χ4n) is 1.95. The van der Waals surface area contributed by atoms with Crippen molar-refractivity contribution in [3.63, 3.8) is 0 Å². The normalized spacial score (nSPS) is 12.7. The molecule has 2 aromatic rings. The van der Waals surface area contributed by atoms with Crippen LogP contribution in [0.1, 0.15) is 24.2 Å². The molecule has 0 saturated heterocycles. The number of nitrogens with two attached hydrogens (primary N) is 1. The van der Waals surface area contributed by atoms with Crippen LogP contribution < -0.4 is 11.3 Å². The lowest BCUT2D eigenvalue weighted by Gasteiger charge is -2.18. The van der Waals surface area contributed by atoms with Gasteiger partial charge in [0.25, 0.3) is 0 Å². The Labute approximate surface area is 123 Å². The van der Waals surface area contributed by atoms with Gasteiger partial charge in [-0.05, 0) is 36.8 Å². The summed E-state index contributed by atoms with van der Waals surface area (Å²) < 4.78 is 3.95. The first-order valence-corrected chi connectivity index (χ1v) is 7.18. The lowest BCUT2D eigenvalue weighted by molar-refractivity contribution is 0.543. The number of hydrogen-bond acceptors (Lipinski definition) is 3. The zero-order chi connectivity index (χ0) is 13.1. The smallest absolute Gasteiger partial charge is 0.0879 e. The summed E-state index contributed by atoms with van der Waals surface area (Å²) in [4.78, 5) is 0. The van der Waals surface area contributed by atoms with E-state index < -0.39 is 0 Å². The Morgan fingerprint density at radius 2 is 2.00 bits per heavy atom. The minimum absolute atomic E-state index is 0.0822. The van der Waals surface area contributed by atoms with Crippen LogP contribution in [0.25, 0.3) is 0 Å². The van der Waals surface area contributed by atoms with Gasteiger partial charge < -0.3 is 0 Å². The molecule has 0 aliphatic rings. The number of nitrogens with zero attached hydrogens (tertiary/aromatic N) is 2. The Kier molecular flexibility index (Phi) is 4.55. The number of benzene rings is 1. The van der Waals surface area contributed by atoms with Crippen molar-refractivity contribution in [3.05, 3.63) is 50.7 Å². The molecule has 2 rings (SSSR count). The van der Waals surface area contributed by atoms with Crippen molar-refractivity contribution in [2.75, 3.05) is 0 Å². The molecule has 0 aliphatic carbocycles. The Balaban J connectivity index is 2.45. The van der Waals surface area contributed by atoms with Gasteiger partial charge in [-0.15, -0.1) is 0 Å². The van der Waals surface area contributed by atoms with E-state index in [-0.39, 0.29) is 6.04 Å². The van der Waals surface area contributed by atoms with Crippen LogP contribution in [0.3, 0.4) is 0 Å². The topological polar surface area (TPSA) is 55.9 Å². The monoisotopic (exact) mass is 372 g/mol. The van der Waals surface area contributed by atoms with E-state index in [9.17, 15) is 0 Å². The highest BCUT2D eigenvalue weighted by Crippen LogP contribution is 2.27. The van der Waals surface area contributed by atoms with E-state index in [1.807, 2.05) is 28.9 Å². The number of halogens is 2. The highest BCUT2D eigenvalue weighted by Gasteiger charge is 2.17. The molecule has 3 N–H and O–H groups in total. The third kappa shape index (κ3) is 2.83. The van der Waals surface area contributed by atoms with Crippen molar-refractivity contribution in [2.45, 2.75) is 19.5 Å². The Bertz CT molecular complexity index is 518. The Hall–Kier alpha value is -0.690. The number of rotatable bonds is 4. The zero-order valence-corrected chi connectivity index (χ0v) is 13.1. The van der Waals surface area contributed by atoms with Crippen LogP contribution in [0.15, 0.2) is 39.4 Å². The first kappa shape index (κ1) is 13.7. The molecular weight excluding hydrogens is 360 g/mol. The maximum Gasteiger partial charge on any atom is 0.0879 e. The zero-order valence-electron chi connectivity index (χ0n) is 9.90. The van der Waals surface area contributed by atoms with E-state index in [0.717, 1.165) is 26.7 Å². The molecule has 4 nitrogen and oxygen atoms in total. The van der Waals surface area contributed by atoms with Crippen molar-refractivity contribution in [3.8, 4) is 0 Å². The quantitative estimate of drug-likeness (QED) is 0.639. The number of hydrazine groups is 1. The van der Waals surface area contributed by atoms with Crippen LogP contribution in [-0.2, 0) is 6.54 Å². The average Bonchev–Trinajstić information content (AvgIpc) is 2.77. The van der Waals surface area contributed by atoms with Gasteiger partial charge in [-0.25, -0.2) is 5.43 Å². The number of aryl methyl sites for hydroxylation is 1. The molecular formula is C12H14Br2N4. The summed E-state index contributed by atoms with van der Waals surface area (Å²) in [6.07, 6.45) is 1.79. The summed E-state index contributed by atoms with van der Waals surface area (Å²) in [6.45, 7) is 2.87. The van der Waals surface area contributed by atoms with E-state index in [1.54, 1.807) is 6.20 Å². The molecule has 6 heteroatoms. The van der Waals surface area contributed by atoms with Crippen molar-refractivity contribution in [1.82, 2.24) is 15.2 Å². The van der Waals surface area contributed by atoms with Crippen LogP contribution in [0, 0.1) is 0 Å². The predicted octanol–water partition coefficient (Wildman–Crippen LogP) is 2.98. The van der Waals surface area contributed by atoms with Gasteiger partial charge in [0.15, 0.2) is 0 Å². The molecule has 1 unspecified atom stereocenters. The first-order valence-electron chi connectivity index (χ1n) is 5.59. The Morgan fingerprint density at radius 3 is 2.56 bits per heavy atom. The standard InChI is InChI=1S/C12H14Br2N4/c1-2-18-11(3-4-16-18)12(17-15)8-5-9(13)7-10(14)6-8/h3-7,12,17H,2,15H2,1H3. The number of hydrogen-bond donors (Lipinski definition) is 2. The lowest BCUT2D eigenvalue weighted by Crippen LogP contribution is -2.30. The van der Waals surface area contributed by atoms with E-state index in [2.05, 4.69) is 49.3 Å². The fraction of sp³-hybridized carbons (Fsp3) is 0.250. The van der Waals surface area contributed by atoms with E-state index >= 15 is 0 Å². The van der Waals surface area contributed by atoms with Gasteiger partial charge >= 0.3 is 0 Å². The van der Waals surface area contributed by atoms with Crippen LogP contribution in [0.4, 0.5) is 0 Å². The van der Waals surface area contributed by atoms with E-state index in [4.69, 9.17) is 5.84 Å². The van der Waals surface area contributed by atoms with Crippen LogP contribution in [0.2, 0.25) is 0 Å². The molecule has 1 heterocycles. The van der Waals surface area contributed by atoms with Crippen LogP contribution >= 0.6 is 31.9 Å². The van der Waals surface area contributed by atoms with Gasteiger partial charge in [0, 0.05) is 21.7 Å². The van der Waals surface area contributed by atoms with Crippen molar-refractivity contribution in [2.24, 2.45) is 5.84 Å². The molecule has 96 valence electrons. The molecule has 1 aromatic heterocycles. The average molecular weight is 374 g/mol. The fourth-order valence-corrected chi connectivity index (χ4v) is 3.28. The predicted molar refractivity (Wildman–Crippen MR) is 78.9 cm³/mol. The second-order valence-corrected chi connectivity index (χ2v) is 5.71. The summed E-state index contributed by atoms with van der Waals surface area (Å²) in [5.41, 5.74) is 4.97. The minimum Gasteiger partial charge on any atom is -0.271 e. The third-order valence-electron chi connectivity index (χ3n) is 2.73. The van der Waals surface area contributed by atoms with E-state index in [0.29, 0.717) is 0 Å². The summed E-state index contributed by atoms with van der Waals surface area (Å²) in [5.74, 6) is 5.70. The molecule has 0 saturated carbocycles. The molecule has 0 amide bonds. The number of nitrogens with one attached hydrogen (secondary N) is 1. The highest BCUT2D eigenvalue weighted by atomic mass is 79.9. The largest absolute Gasteiger partial charge is 0.271 e. The number of aromatic nitrogens is 2. The summed E-state index contributed by atoms with van der Waals surface area (Å²) in [6, 6.07) is 7.97. The minimum atomic E-state index is -0.0822. The van der Waals surface area contributed by atoms with Crippen molar-refractivity contribution in [1.29, 1.82) is 0 Å². The molecule has 0 bridgehead atoms. The second kappa shape index (κ2) is 5.97. The van der Waals surface area contributed by atoms with Gasteiger partial charge in [0.2, 0.25) is 0 Å². The first-order chi connectivity index (χ1) is 8.65. The lowest BCUT2D eigenvalue weighted by atomic mass is 10.0. The van der Waals surface area contributed by atoms with Gasteiger partial charge in [0.1, 0.15) is 0 Å². The molecule has 0 spiro atoms. The molecule has 0 radical (unpaired) electrons. The Morgan fingerprint density at radius 1 is 1.33 bits per heavy atom. The highest BCUT2D eigenvalue weighted by molar-refractivity contribution is 9.11. The van der Waals surface area contributed by atoms with Gasteiger partial charge in [0.05, 0.1) is 11.7 Å². The van der Waals surface area contributed by atoms with Crippen molar-refractivity contribution >= 4 is 31.9 Å². The summed E-state index contributed by atoms with van der Waals surface area (Å²) in [5, 5.41) is 4.27. The molecule has 0 aliphatic heterocycles. The van der Waals surface area contributed by atoms with E-state index in [1.165, 1.54) is 0 Å². The maximum atomic E-state index is 5.70. The van der Waals surface area contributed by atoms with Crippen LogP contribution in [-0.4, -0.2) is 9.78 Å². The summed E-state index contributed by atoms with van der Waals surface area (Å²) in [7, 11) is 0. The third-order valence-corrected chi connectivity index (χ3v) is 3.65. The molecule has 1 atom stereocenters. The molecule has 1 aromatic carbocycles. The maximum absolute atomic E-state index is 5.70. The molecule has 18 heavy (non-hydrogen) atoms.